The second kappa shape index (κ2) is 1.89. The second-order valence-electron chi connectivity index (χ2n) is 2.66. The first kappa shape index (κ1) is 6.05. The van der Waals surface area contributed by atoms with E-state index in [-0.39, 0.29) is 0 Å². The highest BCUT2D eigenvalue weighted by Crippen LogP contribution is 2.32. The van der Waals surface area contributed by atoms with Gasteiger partial charge in [0.2, 0.25) is 0 Å². The average Bonchev–Trinajstić information content (AvgIpc) is 2.21. The van der Waals surface area contributed by atoms with Gasteiger partial charge in [-0.15, -0.1) is 12.6 Å². The molecule has 2 aliphatic carbocycles. The summed E-state index contributed by atoms with van der Waals surface area (Å²) in [5.41, 5.74) is 3.95. The zero-order chi connectivity index (χ0) is 7.14. The third-order valence-corrected chi connectivity index (χ3v) is 1.96. The van der Waals surface area contributed by atoms with Gasteiger partial charge in [0.15, 0.2) is 0 Å². The van der Waals surface area contributed by atoms with E-state index in [1.807, 2.05) is 0 Å². The van der Waals surface area contributed by atoms with Gasteiger partial charge in [-0.3, -0.25) is 0 Å². The van der Waals surface area contributed by atoms with E-state index in [1.54, 1.807) is 0 Å². The number of fused-ring (bicyclic) bond motifs is 1. The maximum atomic E-state index is 4.24. The molecule has 0 atom stereocenters. The Labute approximate surface area is 66.0 Å². The van der Waals surface area contributed by atoms with E-state index in [0.29, 0.717) is 0 Å². The third-order valence-electron chi connectivity index (χ3n) is 1.71. The molecule has 0 N–H and O–H groups in total. The Morgan fingerprint density at radius 1 is 1.00 bits per heavy atom. The lowest BCUT2D eigenvalue weighted by Crippen LogP contribution is -1.67. The van der Waals surface area contributed by atoms with Crippen molar-refractivity contribution in [3.05, 3.63) is 45.9 Å². The normalized spacial score (nSPS) is 21.4. The quantitative estimate of drug-likeness (QED) is 0.501. The first-order valence-corrected chi connectivity index (χ1v) is 3.73. The fourth-order valence-electron chi connectivity index (χ4n) is 1.31. The maximum absolute atomic E-state index is 4.24. The Kier molecular flexibility index (Phi) is 1.15. The molecule has 0 aromatic carbocycles. The maximum Gasteiger partial charge on any atom is 0.00523 e. The van der Waals surface area contributed by atoms with E-state index < -0.39 is 0 Å². The molecule has 2 aliphatic rings. The number of allylic oxidation sites excluding steroid dienone is 7. The van der Waals surface area contributed by atoms with Crippen LogP contribution in [0.3, 0.4) is 0 Å². The van der Waals surface area contributed by atoms with Gasteiger partial charge in [-0.25, -0.2) is 0 Å². The Morgan fingerprint density at radius 2 is 1.70 bits per heavy atom. The van der Waals surface area contributed by atoms with E-state index in [0.717, 1.165) is 4.91 Å². The number of thiol groups is 1. The minimum Gasteiger partial charge on any atom is -0.143 e. The van der Waals surface area contributed by atoms with Crippen LogP contribution in [-0.4, -0.2) is 0 Å². The van der Waals surface area contributed by atoms with Crippen LogP contribution in [0.1, 0.15) is 6.92 Å². The van der Waals surface area contributed by atoms with Crippen molar-refractivity contribution in [1.29, 1.82) is 0 Å². The molecule has 0 heterocycles. The van der Waals surface area contributed by atoms with Crippen molar-refractivity contribution in [2.24, 2.45) is 0 Å². The monoisotopic (exact) mass is 148 g/mol. The molecule has 0 bridgehead atoms. The Hall–Kier alpha value is -0.690. The van der Waals surface area contributed by atoms with Gasteiger partial charge >= 0.3 is 0 Å². The standard InChI is InChI=1S/C9H8S/c1-6-2-7-4-9(10)5-8(7)3-6/h2-5,10H,1H3. The van der Waals surface area contributed by atoms with Crippen molar-refractivity contribution in [1.82, 2.24) is 0 Å². The molecule has 0 saturated carbocycles. The lowest BCUT2D eigenvalue weighted by molar-refractivity contribution is 1.56. The molecule has 1 heteroatoms. The molecule has 10 heavy (non-hydrogen) atoms. The van der Waals surface area contributed by atoms with E-state index in [1.165, 1.54) is 16.7 Å². The van der Waals surface area contributed by atoms with E-state index in [4.69, 9.17) is 0 Å². The minimum absolute atomic E-state index is 1.06. The number of rotatable bonds is 0. The van der Waals surface area contributed by atoms with Crippen LogP contribution in [0.4, 0.5) is 0 Å². The summed E-state index contributed by atoms with van der Waals surface area (Å²) in [5.74, 6) is 0. The number of hydrogen-bond donors (Lipinski definition) is 1. The highest BCUT2D eigenvalue weighted by molar-refractivity contribution is 7.84. The predicted octanol–water partition coefficient (Wildman–Crippen LogP) is 2.63. The summed E-state index contributed by atoms with van der Waals surface area (Å²) in [6, 6.07) is 0. The summed E-state index contributed by atoms with van der Waals surface area (Å²) in [4.78, 5) is 1.06. The Balaban J connectivity index is 2.49. The molecule has 2 rings (SSSR count). The van der Waals surface area contributed by atoms with Gasteiger partial charge < -0.3 is 0 Å². The molecule has 0 amide bonds. The van der Waals surface area contributed by atoms with Gasteiger partial charge in [0.05, 0.1) is 0 Å². The lowest BCUT2D eigenvalue weighted by atomic mass is 10.2. The van der Waals surface area contributed by atoms with Crippen molar-refractivity contribution in [2.75, 3.05) is 0 Å². The summed E-state index contributed by atoms with van der Waals surface area (Å²) in [5, 5.41) is 0. The van der Waals surface area contributed by atoms with Crippen LogP contribution in [0, 0.1) is 0 Å². The van der Waals surface area contributed by atoms with Crippen LogP contribution in [0.5, 0.6) is 0 Å². The molecule has 0 radical (unpaired) electrons. The predicted molar refractivity (Wildman–Crippen MR) is 47.0 cm³/mol. The van der Waals surface area contributed by atoms with Crippen LogP contribution in [-0.2, 0) is 0 Å². The first-order chi connectivity index (χ1) is 4.75. The Morgan fingerprint density at radius 3 is 2.40 bits per heavy atom. The van der Waals surface area contributed by atoms with E-state index in [9.17, 15) is 0 Å². The summed E-state index contributed by atoms with van der Waals surface area (Å²) in [6.45, 7) is 2.11. The molecule has 0 aromatic rings. The highest BCUT2D eigenvalue weighted by Gasteiger charge is 2.12. The average molecular weight is 148 g/mol. The molecular formula is C9H8S. The molecule has 0 saturated heterocycles. The zero-order valence-electron chi connectivity index (χ0n) is 5.76. The van der Waals surface area contributed by atoms with Gasteiger partial charge in [0, 0.05) is 4.91 Å². The first-order valence-electron chi connectivity index (χ1n) is 3.28. The van der Waals surface area contributed by atoms with Crippen LogP contribution in [0.15, 0.2) is 45.9 Å². The summed E-state index contributed by atoms with van der Waals surface area (Å²) < 4.78 is 0. The van der Waals surface area contributed by atoms with Crippen molar-refractivity contribution in [3.63, 3.8) is 0 Å². The molecule has 0 spiro atoms. The molecular weight excluding hydrogens is 140 g/mol. The van der Waals surface area contributed by atoms with E-state index in [2.05, 4.69) is 43.9 Å². The highest BCUT2D eigenvalue weighted by atomic mass is 32.1. The fraction of sp³-hybridized carbons (Fsp3) is 0.111. The summed E-state index contributed by atoms with van der Waals surface area (Å²) in [7, 11) is 0. The smallest absolute Gasteiger partial charge is 0.00523 e. The zero-order valence-corrected chi connectivity index (χ0v) is 6.65. The second-order valence-corrected chi connectivity index (χ2v) is 3.17. The largest absolute Gasteiger partial charge is 0.143 e. The van der Waals surface area contributed by atoms with Gasteiger partial charge in [-0.05, 0) is 35.8 Å². The summed E-state index contributed by atoms with van der Waals surface area (Å²) >= 11 is 4.24. The molecule has 50 valence electrons. The van der Waals surface area contributed by atoms with Gasteiger partial charge in [0.25, 0.3) is 0 Å². The number of hydrogen-bond acceptors (Lipinski definition) is 1. The third kappa shape index (κ3) is 0.781. The van der Waals surface area contributed by atoms with E-state index >= 15 is 0 Å². The van der Waals surface area contributed by atoms with Crippen molar-refractivity contribution < 1.29 is 0 Å². The summed E-state index contributed by atoms with van der Waals surface area (Å²) in [6.07, 6.45) is 8.53. The van der Waals surface area contributed by atoms with Crippen molar-refractivity contribution >= 4 is 12.6 Å². The Bertz CT molecular complexity index is 269. The molecule has 0 nitrogen and oxygen atoms in total. The SMILES string of the molecule is CC1=CC2=CC(S)=CC2=C1. The van der Waals surface area contributed by atoms with Crippen molar-refractivity contribution in [2.45, 2.75) is 6.92 Å². The van der Waals surface area contributed by atoms with Crippen LogP contribution in [0.25, 0.3) is 0 Å². The molecule has 0 aliphatic heterocycles. The molecule has 0 fully saturated rings. The van der Waals surface area contributed by atoms with Gasteiger partial charge in [-0.2, -0.15) is 0 Å². The van der Waals surface area contributed by atoms with Crippen molar-refractivity contribution in [3.8, 4) is 0 Å². The lowest BCUT2D eigenvalue weighted by Gasteiger charge is -1.85. The van der Waals surface area contributed by atoms with Crippen LogP contribution in [0.2, 0.25) is 0 Å². The molecule has 0 unspecified atom stereocenters. The van der Waals surface area contributed by atoms with Crippen LogP contribution >= 0.6 is 12.6 Å². The van der Waals surface area contributed by atoms with Gasteiger partial charge in [-0.1, -0.05) is 12.2 Å². The van der Waals surface area contributed by atoms with Gasteiger partial charge in [0.1, 0.15) is 0 Å². The molecule has 0 aromatic heterocycles. The van der Waals surface area contributed by atoms with Crippen LogP contribution < -0.4 is 0 Å². The fourth-order valence-corrected chi connectivity index (χ4v) is 1.59. The topological polar surface area (TPSA) is 0 Å². The minimum atomic E-state index is 1.06.